The molecule has 6 heteroatoms. The molecule has 1 amide bonds. The van der Waals surface area contributed by atoms with Gasteiger partial charge in [-0.2, -0.15) is 5.26 Å². The summed E-state index contributed by atoms with van der Waals surface area (Å²) in [5, 5.41) is 9.37. The summed E-state index contributed by atoms with van der Waals surface area (Å²) in [6.07, 6.45) is 3.61. The first-order chi connectivity index (χ1) is 12.4. The fraction of sp³-hybridized carbons (Fsp3) is 0.550. The number of aromatic nitrogens is 1. The fourth-order valence-electron chi connectivity index (χ4n) is 3.30. The molecule has 2 heterocycles. The van der Waals surface area contributed by atoms with Gasteiger partial charge in [0.15, 0.2) is 6.10 Å². The molecule has 140 valence electrons. The van der Waals surface area contributed by atoms with Crippen molar-refractivity contribution in [3.8, 4) is 6.07 Å². The van der Waals surface area contributed by atoms with E-state index in [1.165, 1.54) is 0 Å². The first-order valence-corrected chi connectivity index (χ1v) is 9.17. The molecule has 0 aromatic carbocycles. The van der Waals surface area contributed by atoms with Gasteiger partial charge in [0, 0.05) is 31.0 Å². The Morgan fingerprint density at radius 1 is 1.35 bits per heavy atom. The fourth-order valence-corrected chi connectivity index (χ4v) is 3.30. The van der Waals surface area contributed by atoms with Crippen molar-refractivity contribution in [2.75, 3.05) is 13.1 Å². The lowest BCUT2D eigenvalue weighted by molar-refractivity contribution is -0.155. The van der Waals surface area contributed by atoms with E-state index in [-0.39, 0.29) is 11.5 Å². The van der Waals surface area contributed by atoms with Crippen molar-refractivity contribution in [2.45, 2.75) is 59.6 Å². The van der Waals surface area contributed by atoms with Crippen molar-refractivity contribution in [1.29, 1.82) is 5.26 Å². The molecule has 2 rings (SSSR count). The third kappa shape index (κ3) is 4.34. The quantitative estimate of drug-likeness (QED) is 0.446. The van der Waals surface area contributed by atoms with E-state index in [2.05, 4.69) is 11.5 Å². The largest absolute Gasteiger partial charge is 0.448 e. The Kier molecular flexibility index (Phi) is 6.62. The number of carbonyl (C=O) groups is 2. The summed E-state index contributed by atoms with van der Waals surface area (Å²) in [6, 6.07) is 3.86. The summed E-state index contributed by atoms with van der Waals surface area (Å²) in [4.78, 5) is 26.3. The van der Waals surface area contributed by atoms with E-state index in [4.69, 9.17) is 4.74 Å². The topological polar surface area (TPSA) is 75.3 Å². The molecule has 1 saturated heterocycles. The average molecular weight is 357 g/mol. The summed E-state index contributed by atoms with van der Waals surface area (Å²) >= 11 is 0. The van der Waals surface area contributed by atoms with Crippen LogP contribution in [0, 0.1) is 25.2 Å². The Labute approximate surface area is 155 Å². The molecule has 1 aromatic rings. The second kappa shape index (κ2) is 8.70. The number of carbonyl (C=O) groups excluding carboxylic acids is 2. The van der Waals surface area contributed by atoms with Gasteiger partial charge in [-0.3, -0.25) is 4.79 Å². The zero-order valence-electron chi connectivity index (χ0n) is 16.0. The van der Waals surface area contributed by atoms with Gasteiger partial charge in [-0.25, -0.2) is 4.79 Å². The molecule has 0 aliphatic carbocycles. The minimum atomic E-state index is -0.884. The number of hydrogen-bond donors (Lipinski definition) is 0. The maximum atomic E-state index is 12.3. The van der Waals surface area contributed by atoms with Crippen LogP contribution in [0.25, 0.3) is 6.08 Å². The monoisotopic (exact) mass is 357 g/mol. The van der Waals surface area contributed by atoms with Crippen LogP contribution in [0.5, 0.6) is 0 Å². The van der Waals surface area contributed by atoms with Gasteiger partial charge in [-0.15, -0.1) is 0 Å². The molecular formula is C20H27N3O3. The highest BCUT2D eigenvalue weighted by Gasteiger charge is 2.27. The Morgan fingerprint density at radius 3 is 2.58 bits per heavy atom. The lowest BCUT2D eigenvalue weighted by atomic mass is 10.1. The Bertz CT molecular complexity index is 749. The van der Waals surface area contributed by atoms with Gasteiger partial charge in [0.25, 0.3) is 5.91 Å². The van der Waals surface area contributed by atoms with Crippen molar-refractivity contribution in [1.82, 2.24) is 9.47 Å². The average Bonchev–Trinajstić information content (AvgIpc) is 3.23. The Morgan fingerprint density at radius 2 is 2.00 bits per heavy atom. The third-order valence-corrected chi connectivity index (χ3v) is 4.75. The van der Waals surface area contributed by atoms with Crippen LogP contribution in [0.4, 0.5) is 0 Å². The second-order valence-electron chi connectivity index (χ2n) is 6.73. The minimum absolute atomic E-state index is 0.0946. The maximum Gasteiger partial charge on any atom is 0.349 e. The number of amides is 1. The number of nitriles is 1. The second-order valence-corrected chi connectivity index (χ2v) is 6.73. The molecule has 1 fully saturated rings. The third-order valence-electron chi connectivity index (χ3n) is 4.75. The van der Waals surface area contributed by atoms with E-state index >= 15 is 0 Å². The molecular weight excluding hydrogens is 330 g/mol. The van der Waals surface area contributed by atoms with Crippen LogP contribution in [0.15, 0.2) is 11.6 Å². The van der Waals surface area contributed by atoms with Crippen LogP contribution < -0.4 is 0 Å². The number of esters is 1. The number of nitrogens with zero attached hydrogens (tertiary/aromatic N) is 3. The van der Waals surface area contributed by atoms with E-state index in [9.17, 15) is 14.9 Å². The zero-order valence-corrected chi connectivity index (χ0v) is 16.0. The highest BCUT2D eigenvalue weighted by molar-refractivity contribution is 5.99. The van der Waals surface area contributed by atoms with Gasteiger partial charge in [0.1, 0.15) is 11.6 Å². The SMILES string of the molecule is CCCn1c(C)cc(/C=C(\C#N)C(=O)O[C@H](C)C(=O)N2CCCC2)c1C. The first-order valence-electron chi connectivity index (χ1n) is 9.17. The molecule has 1 aliphatic rings. The van der Waals surface area contributed by atoms with Gasteiger partial charge >= 0.3 is 5.97 Å². The summed E-state index contributed by atoms with van der Waals surface area (Å²) in [5.74, 6) is -0.956. The van der Waals surface area contributed by atoms with Crippen molar-refractivity contribution in [2.24, 2.45) is 0 Å². The van der Waals surface area contributed by atoms with E-state index in [1.54, 1.807) is 17.9 Å². The highest BCUT2D eigenvalue weighted by Crippen LogP contribution is 2.19. The normalized spacial score (nSPS) is 15.7. The number of ether oxygens (including phenoxy) is 1. The molecule has 0 spiro atoms. The lowest BCUT2D eigenvalue weighted by Crippen LogP contribution is -2.38. The van der Waals surface area contributed by atoms with Gasteiger partial charge in [0.2, 0.25) is 0 Å². The molecule has 1 atom stereocenters. The number of aryl methyl sites for hydroxylation is 1. The van der Waals surface area contributed by atoms with Crippen LogP contribution in [-0.4, -0.2) is 40.5 Å². The van der Waals surface area contributed by atoms with Gasteiger partial charge < -0.3 is 14.2 Å². The van der Waals surface area contributed by atoms with Gasteiger partial charge in [-0.1, -0.05) is 6.92 Å². The van der Waals surface area contributed by atoms with Crippen molar-refractivity contribution >= 4 is 18.0 Å². The highest BCUT2D eigenvalue weighted by atomic mass is 16.5. The molecule has 0 saturated carbocycles. The molecule has 26 heavy (non-hydrogen) atoms. The summed E-state index contributed by atoms with van der Waals surface area (Å²) in [7, 11) is 0. The molecule has 0 radical (unpaired) electrons. The maximum absolute atomic E-state index is 12.3. The van der Waals surface area contributed by atoms with Gasteiger partial charge in [0.05, 0.1) is 0 Å². The zero-order chi connectivity index (χ0) is 19.3. The number of likely N-dealkylation sites (tertiary alicyclic amines) is 1. The first kappa shape index (κ1) is 19.8. The van der Waals surface area contributed by atoms with Crippen molar-refractivity contribution in [3.05, 3.63) is 28.6 Å². The molecule has 1 aliphatic heterocycles. The summed E-state index contributed by atoms with van der Waals surface area (Å²) < 4.78 is 7.40. The Balaban J connectivity index is 2.13. The van der Waals surface area contributed by atoms with E-state index in [1.807, 2.05) is 26.0 Å². The van der Waals surface area contributed by atoms with Crippen LogP contribution in [-0.2, 0) is 20.9 Å². The minimum Gasteiger partial charge on any atom is -0.448 e. The van der Waals surface area contributed by atoms with Crippen molar-refractivity contribution in [3.63, 3.8) is 0 Å². The standard InChI is InChI=1S/C20H27N3O3/c1-5-8-23-14(2)11-17(15(23)3)12-18(13-21)20(25)26-16(4)19(24)22-9-6-7-10-22/h11-12,16H,5-10H2,1-4H3/b18-12+/t16-/m1/s1. The lowest BCUT2D eigenvalue weighted by Gasteiger charge is -2.20. The summed E-state index contributed by atoms with van der Waals surface area (Å²) in [5.41, 5.74) is 2.82. The molecule has 0 unspecified atom stereocenters. The smallest absolute Gasteiger partial charge is 0.349 e. The van der Waals surface area contributed by atoms with E-state index in [0.29, 0.717) is 13.1 Å². The predicted octanol–water partition coefficient (Wildman–Crippen LogP) is 2.98. The number of rotatable bonds is 6. The van der Waals surface area contributed by atoms with Crippen molar-refractivity contribution < 1.29 is 14.3 Å². The molecule has 1 aromatic heterocycles. The van der Waals surface area contributed by atoms with Gasteiger partial charge in [-0.05, 0) is 57.7 Å². The predicted molar refractivity (Wildman–Crippen MR) is 99.2 cm³/mol. The van der Waals surface area contributed by atoms with E-state index in [0.717, 1.165) is 42.8 Å². The van der Waals surface area contributed by atoms with E-state index < -0.39 is 12.1 Å². The molecule has 0 N–H and O–H groups in total. The molecule has 0 bridgehead atoms. The van der Waals surface area contributed by atoms with Crippen LogP contribution in [0.1, 0.15) is 50.1 Å². The van der Waals surface area contributed by atoms with Crippen LogP contribution in [0.3, 0.4) is 0 Å². The van der Waals surface area contributed by atoms with Crippen LogP contribution >= 0.6 is 0 Å². The van der Waals surface area contributed by atoms with Crippen LogP contribution in [0.2, 0.25) is 0 Å². The summed E-state index contributed by atoms with van der Waals surface area (Å²) in [6.45, 7) is 9.91. The number of hydrogen-bond acceptors (Lipinski definition) is 4. The Hall–Kier alpha value is -2.55. The molecule has 6 nitrogen and oxygen atoms in total.